The topological polar surface area (TPSA) is 180 Å². The number of aliphatic carboxylic acids is 3. The molecule has 1 rings (SSSR count). The first-order valence-corrected chi connectivity index (χ1v) is 21.1. The van der Waals surface area contributed by atoms with Crippen molar-refractivity contribution in [3.63, 3.8) is 0 Å². The maximum absolute atomic E-state index is 14.3. The van der Waals surface area contributed by atoms with Crippen molar-refractivity contribution in [1.82, 2.24) is 14.7 Å². The summed E-state index contributed by atoms with van der Waals surface area (Å²) in [6, 6.07) is -0.652. The van der Waals surface area contributed by atoms with E-state index in [9.17, 15) is 39.4 Å². The van der Waals surface area contributed by atoms with Gasteiger partial charge in [0.1, 0.15) is 13.2 Å². The Morgan fingerprint density at radius 1 is 0.627 bits per heavy atom. The quantitative estimate of drug-likeness (QED) is 0.0525. The largest absolute Gasteiger partial charge is 0.854 e. The summed E-state index contributed by atoms with van der Waals surface area (Å²) in [5, 5.41) is 39.2. The Bertz CT molecular complexity index is 1000. The van der Waals surface area contributed by atoms with Crippen LogP contribution in [0.15, 0.2) is 0 Å². The summed E-state index contributed by atoms with van der Waals surface area (Å²) < 4.78 is 27.0. The molecule has 0 spiro atoms. The molecule has 1 saturated heterocycles. The second-order valence-electron chi connectivity index (χ2n) is 15.2. The molecule has 0 radical (unpaired) electrons. The lowest BCUT2D eigenvalue weighted by Crippen LogP contribution is -2.49. The van der Waals surface area contributed by atoms with Gasteiger partial charge in [-0.05, 0) is 6.42 Å². The third-order valence-electron chi connectivity index (χ3n) is 9.29. The summed E-state index contributed by atoms with van der Waals surface area (Å²) in [4.78, 5) is 40.0. The standard InChI is InChI=1S/C36H71N4O10P/c1-40(2,3)24-27-50-51(48,49-26-19-17-15-13-11-9-7-5-4-6-8-10-12-14-16-18-25-41)32-33-28-38(30-35(44)45)21-20-37(29-34(42)43)22-23-39(33)31-36(46)47/h33H,4-32H2,1-3H3,(H,42,43)(H,44,45)(H,46,47). The number of nitrogens with zero attached hydrogens (tertiary/aromatic N) is 4. The Labute approximate surface area is 307 Å². The maximum Gasteiger partial charge on any atom is 0.332 e. The molecular weight excluding hydrogens is 679 g/mol. The number of carboxylic acids is 3. The van der Waals surface area contributed by atoms with Gasteiger partial charge < -0.3 is 34.0 Å². The van der Waals surface area contributed by atoms with Crippen molar-refractivity contribution in [2.75, 3.05) is 106 Å². The molecule has 0 aromatic rings. The van der Waals surface area contributed by atoms with Gasteiger partial charge in [-0.1, -0.05) is 96.3 Å². The van der Waals surface area contributed by atoms with Gasteiger partial charge in [0.2, 0.25) is 0 Å². The van der Waals surface area contributed by atoms with Crippen LogP contribution in [-0.4, -0.2) is 164 Å². The molecule has 1 heterocycles. The molecule has 0 aromatic carbocycles. The Morgan fingerprint density at radius 3 is 1.51 bits per heavy atom. The van der Waals surface area contributed by atoms with E-state index < -0.39 is 31.5 Å². The summed E-state index contributed by atoms with van der Waals surface area (Å²) >= 11 is 0. The van der Waals surface area contributed by atoms with Crippen LogP contribution in [0.5, 0.6) is 0 Å². The molecule has 0 aromatic heterocycles. The Kier molecular flexibility index (Phi) is 25.9. The minimum atomic E-state index is -3.73. The smallest absolute Gasteiger partial charge is 0.332 e. The number of carbonyl (C=O) groups is 3. The highest BCUT2D eigenvalue weighted by Gasteiger charge is 2.36. The highest BCUT2D eigenvalue weighted by atomic mass is 31.2. The van der Waals surface area contributed by atoms with E-state index in [0.29, 0.717) is 17.6 Å². The molecule has 2 unspecified atom stereocenters. The molecule has 1 fully saturated rings. The number of carboxylic acid groups (broad SMARTS) is 3. The van der Waals surface area contributed by atoms with Gasteiger partial charge in [-0.25, -0.2) is 0 Å². The minimum Gasteiger partial charge on any atom is -0.854 e. The molecular formula is C36H71N4O10P. The second-order valence-corrected chi connectivity index (χ2v) is 17.3. The highest BCUT2D eigenvalue weighted by molar-refractivity contribution is 7.53. The van der Waals surface area contributed by atoms with E-state index in [0.717, 1.165) is 38.5 Å². The van der Waals surface area contributed by atoms with E-state index >= 15 is 0 Å². The van der Waals surface area contributed by atoms with Gasteiger partial charge in [-0.2, -0.15) is 0 Å². The molecule has 1 aliphatic rings. The predicted octanol–water partition coefficient (Wildman–Crippen LogP) is 4.06. The third kappa shape index (κ3) is 26.7. The molecule has 0 bridgehead atoms. The van der Waals surface area contributed by atoms with Crippen molar-refractivity contribution in [1.29, 1.82) is 0 Å². The summed E-state index contributed by atoms with van der Waals surface area (Å²) in [5.41, 5.74) is 0. The van der Waals surface area contributed by atoms with E-state index in [4.69, 9.17) is 9.05 Å². The van der Waals surface area contributed by atoms with Gasteiger partial charge in [-0.3, -0.25) is 33.6 Å². The SMILES string of the molecule is C[N+](C)(C)CCOP(=O)(CC1CN(CC(=O)O)CCN(CC(=O)O)CCN1CC(=O)O)OCCCCCCCCCCCCCCCCCC[O-]. The zero-order chi connectivity index (χ0) is 38.0. The number of likely N-dealkylation sites (N-methyl/N-ethyl adjacent to an activating group) is 1. The Morgan fingerprint density at radius 2 is 1.04 bits per heavy atom. The lowest BCUT2D eigenvalue weighted by molar-refractivity contribution is -0.870. The van der Waals surface area contributed by atoms with Crippen LogP contribution < -0.4 is 5.11 Å². The molecule has 0 saturated carbocycles. The van der Waals surface area contributed by atoms with Crippen LogP contribution >= 0.6 is 7.60 Å². The number of unbranched alkanes of at least 4 members (excludes halogenated alkanes) is 15. The second kappa shape index (κ2) is 27.9. The van der Waals surface area contributed by atoms with E-state index in [1.807, 2.05) is 21.1 Å². The molecule has 14 nitrogen and oxygen atoms in total. The van der Waals surface area contributed by atoms with Crippen LogP contribution in [0.3, 0.4) is 0 Å². The van der Waals surface area contributed by atoms with Gasteiger partial charge in [-0.15, -0.1) is 6.61 Å². The van der Waals surface area contributed by atoms with Crippen LogP contribution in [-0.2, 0) is 28.0 Å². The van der Waals surface area contributed by atoms with Crippen molar-refractivity contribution < 1.29 is 52.9 Å². The predicted molar refractivity (Wildman–Crippen MR) is 197 cm³/mol. The van der Waals surface area contributed by atoms with Crippen LogP contribution in [0.1, 0.15) is 103 Å². The molecule has 2 atom stereocenters. The first-order valence-electron chi connectivity index (χ1n) is 19.3. The van der Waals surface area contributed by atoms with E-state index in [1.165, 1.54) is 64.2 Å². The van der Waals surface area contributed by atoms with Gasteiger partial charge in [0, 0.05) is 38.8 Å². The number of hydrogen-bond donors (Lipinski definition) is 3. The van der Waals surface area contributed by atoms with Crippen molar-refractivity contribution in [2.45, 2.75) is 109 Å². The van der Waals surface area contributed by atoms with Crippen LogP contribution in [0.4, 0.5) is 0 Å². The summed E-state index contributed by atoms with van der Waals surface area (Å²) in [6.07, 6.45) is 18.3. The highest BCUT2D eigenvalue weighted by Crippen LogP contribution is 2.49. The molecule has 15 heteroatoms. The summed E-state index contributed by atoms with van der Waals surface area (Å²) in [5.74, 6) is -3.18. The fourth-order valence-corrected chi connectivity index (χ4v) is 8.24. The van der Waals surface area contributed by atoms with E-state index in [2.05, 4.69) is 0 Å². The van der Waals surface area contributed by atoms with Crippen molar-refractivity contribution in [2.24, 2.45) is 0 Å². The number of quaternary nitrogens is 1. The van der Waals surface area contributed by atoms with E-state index in [-0.39, 0.29) is 71.8 Å². The van der Waals surface area contributed by atoms with Gasteiger partial charge in [0.15, 0.2) is 0 Å². The average Bonchev–Trinajstić information content (AvgIpc) is 3.09. The summed E-state index contributed by atoms with van der Waals surface area (Å²) in [7, 11) is 2.27. The average molecular weight is 751 g/mol. The van der Waals surface area contributed by atoms with Crippen molar-refractivity contribution >= 4 is 25.5 Å². The van der Waals surface area contributed by atoms with Gasteiger partial charge in [0.05, 0.1) is 53.5 Å². The van der Waals surface area contributed by atoms with Gasteiger partial charge >= 0.3 is 25.5 Å². The maximum atomic E-state index is 14.3. The van der Waals surface area contributed by atoms with E-state index in [1.54, 1.807) is 14.7 Å². The normalized spacial score (nSPS) is 18.2. The zero-order valence-corrected chi connectivity index (χ0v) is 32.9. The van der Waals surface area contributed by atoms with Crippen LogP contribution in [0.2, 0.25) is 0 Å². The fourth-order valence-electron chi connectivity index (χ4n) is 6.33. The Balaban J connectivity index is 2.69. The van der Waals surface area contributed by atoms with Crippen LogP contribution in [0.25, 0.3) is 0 Å². The monoisotopic (exact) mass is 750 g/mol. The molecule has 300 valence electrons. The first-order chi connectivity index (χ1) is 24.2. The lowest BCUT2D eigenvalue weighted by Gasteiger charge is -2.35. The zero-order valence-electron chi connectivity index (χ0n) is 32.0. The minimum absolute atomic E-state index is 0.0585. The number of hydrogen-bond acceptors (Lipinski definition) is 10. The van der Waals surface area contributed by atoms with Crippen LogP contribution in [0, 0.1) is 0 Å². The van der Waals surface area contributed by atoms with Crippen molar-refractivity contribution in [3.8, 4) is 0 Å². The molecule has 0 aliphatic carbocycles. The molecule has 3 N–H and O–H groups in total. The Hall–Kier alpha value is -1.64. The number of rotatable bonds is 31. The lowest BCUT2D eigenvalue weighted by atomic mass is 10.0. The van der Waals surface area contributed by atoms with Crippen molar-refractivity contribution in [3.05, 3.63) is 0 Å². The first kappa shape index (κ1) is 47.4. The third-order valence-corrected chi connectivity index (χ3v) is 11.3. The fraction of sp³-hybridized carbons (Fsp3) is 0.917. The van der Waals surface area contributed by atoms with Gasteiger partial charge in [0.25, 0.3) is 0 Å². The molecule has 1 aliphatic heterocycles. The molecule has 51 heavy (non-hydrogen) atoms. The molecule has 0 amide bonds. The summed E-state index contributed by atoms with van der Waals surface area (Å²) in [6.45, 7) is 1.26.